The van der Waals surface area contributed by atoms with E-state index in [2.05, 4.69) is 10.3 Å². The lowest BCUT2D eigenvalue weighted by atomic mass is 10.1. The molecule has 1 heterocycles. The van der Waals surface area contributed by atoms with Gasteiger partial charge in [0, 0.05) is 18.9 Å². The summed E-state index contributed by atoms with van der Waals surface area (Å²) in [5.41, 5.74) is 2.65. The number of halogens is 1. The van der Waals surface area contributed by atoms with Crippen molar-refractivity contribution >= 4 is 18.3 Å². The number of nitrogens with zero attached hydrogens (tertiary/aromatic N) is 1. The minimum Gasteiger partial charge on any atom is -0.496 e. The van der Waals surface area contributed by atoms with Gasteiger partial charge in [0.05, 0.1) is 12.7 Å². The van der Waals surface area contributed by atoms with Gasteiger partial charge >= 0.3 is 0 Å². The molecule has 0 aliphatic rings. The van der Waals surface area contributed by atoms with Crippen LogP contribution in [0.15, 0.2) is 42.7 Å². The average Bonchev–Trinajstić information content (AvgIpc) is 2.46. The molecule has 20 heavy (non-hydrogen) atoms. The summed E-state index contributed by atoms with van der Waals surface area (Å²) in [7, 11) is 1.65. The molecule has 1 aromatic carbocycles. The molecule has 4 nitrogen and oxygen atoms in total. The maximum absolute atomic E-state index is 11.9. The van der Waals surface area contributed by atoms with Crippen molar-refractivity contribution < 1.29 is 9.53 Å². The van der Waals surface area contributed by atoms with Gasteiger partial charge in [-0.3, -0.25) is 9.78 Å². The van der Waals surface area contributed by atoms with E-state index >= 15 is 0 Å². The predicted octanol–water partition coefficient (Wildman–Crippen LogP) is 2.75. The molecule has 0 aliphatic heterocycles. The van der Waals surface area contributed by atoms with E-state index in [0.717, 1.165) is 16.9 Å². The van der Waals surface area contributed by atoms with E-state index in [0.29, 0.717) is 12.1 Å². The van der Waals surface area contributed by atoms with Gasteiger partial charge in [0.2, 0.25) is 0 Å². The van der Waals surface area contributed by atoms with E-state index in [4.69, 9.17) is 4.74 Å². The Hall–Kier alpha value is -2.07. The summed E-state index contributed by atoms with van der Waals surface area (Å²) in [5, 5.41) is 2.86. The second kappa shape index (κ2) is 7.50. The Kier molecular flexibility index (Phi) is 6.00. The number of amides is 1. The number of pyridine rings is 1. The van der Waals surface area contributed by atoms with Gasteiger partial charge in [0.25, 0.3) is 5.91 Å². The van der Waals surface area contributed by atoms with E-state index < -0.39 is 0 Å². The Morgan fingerprint density at radius 2 is 2.15 bits per heavy atom. The molecule has 5 heteroatoms. The van der Waals surface area contributed by atoms with Crippen LogP contribution < -0.4 is 10.1 Å². The molecule has 1 N–H and O–H groups in total. The Morgan fingerprint density at radius 1 is 1.35 bits per heavy atom. The minimum absolute atomic E-state index is 0. The number of ether oxygens (including phenoxy) is 1. The zero-order valence-electron chi connectivity index (χ0n) is 11.4. The van der Waals surface area contributed by atoms with Crippen LogP contribution in [0.5, 0.6) is 5.75 Å². The predicted molar refractivity (Wildman–Crippen MR) is 80.4 cm³/mol. The molecule has 0 unspecified atom stereocenters. The highest BCUT2D eigenvalue weighted by Gasteiger charge is 2.05. The van der Waals surface area contributed by atoms with Gasteiger partial charge in [-0.25, -0.2) is 0 Å². The number of nitrogens with one attached hydrogen (secondary N) is 1. The third-order valence-corrected chi connectivity index (χ3v) is 2.84. The van der Waals surface area contributed by atoms with Crippen LogP contribution in [0, 0.1) is 6.92 Å². The largest absolute Gasteiger partial charge is 0.496 e. The molecule has 0 bridgehead atoms. The molecule has 106 valence electrons. The number of carbonyl (C=O) groups is 1. The Balaban J connectivity index is 0.00000200. The standard InChI is InChI=1S/C15H16N2O2.ClH/c1-11-8-12(5-6-14(11)19-2)9-17-15(18)13-4-3-7-16-10-13;/h3-8,10H,9H2,1-2H3,(H,17,18);1H. The highest BCUT2D eigenvalue weighted by Crippen LogP contribution is 2.18. The number of aryl methyl sites for hydroxylation is 1. The molecular formula is C15H17ClN2O2. The number of rotatable bonds is 4. The zero-order chi connectivity index (χ0) is 13.7. The molecule has 0 saturated carbocycles. The van der Waals surface area contributed by atoms with Gasteiger partial charge in [0.1, 0.15) is 5.75 Å². The van der Waals surface area contributed by atoms with Crippen LogP contribution in [0.2, 0.25) is 0 Å². The molecule has 0 fully saturated rings. The van der Waals surface area contributed by atoms with Gasteiger partial charge in [-0.1, -0.05) is 12.1 Å². The second-order valence-corrected chi connectivity index (χ2v) is 4.23. The molecule has 0 saturated heterocycles. The van der Waals surface area contributed by atoms with Crippen LogP contribution in [0.25, 0.3) is 0 Å². The normalized spacial score (nSPS) is 9.50. The Labute approximate surface area is 124 Å². The highest BCUT2D eigenvalue weighted by atomic mass is 35.5. The van der Waals surface area contributed by atoms with E-state index in [9.17, 15) is 4.79 Å². The summed E-state index contributed by atoms with van der Waals surface area (Å²) >= 11 is 0. The van der Waals surface area contributed by atoms with Crippen LogP contribution >= 0.6 is 12.4 Å². The number of benzene rings is 1. The topological polar surface area (TPSA) is 51.2 Å². The summed E-state index contributed by atoms with van der Waals surface area (Å²) in [4.78, 5) is 15.8. The van der Waals surface area contributed by atoms with Crippen molar-refractivity contribution in [2.75, 3.05) is 7.11 Å². The van der Waals surface area contributed by atoms with E-state index in [-0.39, 0.29) is 18.3 Å². The first-order valence-electron chi connectivity index (χ1n) is 6.02. The van der Waals surface area contributed by atoms with E-state index in [1.54, 1.807) is 31.6 Å². The van der Waals surface area contributed by atoms with Gasteiger partial charge in [-0.2, -0.15) is 0 Å². The lowest BCUT2D eigenvalue weighted by Crippen LogP contribution is -2.22. The van der Waals surface area contributed by atoms with Crippen molar-refractivity contribution in [3.05, 3.63) is 59.4 Å². The first kappa shape index (κ1) is 16.0. The Morgan fingerprint density at radius 3 is 2.75 bits per heavy atom. The second-order valence-electron chi connectivity index (χ2n) is 4.23. The number of methoxy groups -OCH3 is 1. The smallest absolute Gasteiger partial charge is 0.253 e. The summed E-state index contributed by atoms with van der Waals surface area (Å²) in [6.45, 7) is 2.46. The van der Waals surface area contributed by atoms with Gasteiger partial charge < -0.3 is 10.1 Å². The van der Waals surface area contributed by atoms with Crippen LogP contribution in [0.3, 0.4) is 0 Å². The van der Waals surface area contributed by atoms with Gasteiger partial charge in [-0.15, -0.1) is 12.4 Å². The SMILES string of the molecule is COc1ccc(CNC(=O)c2cccnc2)cc1C.Cl. The third kappa shape index (κ3) is 3.96. The molecule has 0 atom stereocenters. The van der Waals surface area contributed by atoms with Gasteiger partial charge in [0.15, 0.2) is 0 Å². The molecule has 1 aromatic heterocycles. The van der Waals surface area contributed by atoms with Crippen LogP contribution in [-0.4, -0.2) is 18.0 Å². The number of hydrogen-bond donors (Lipinski definition) is 1. The lowest BCUT2D eigenvalue weighted by molar-refractivity contribution is 0.0950. The molecule has 2 aromatic rings. The van der Waals surface area contributed by atoms with Crippen LogP contribution in [-0.2, 0) is 6.54 Å². The third-order valence-electron chi connectivity index (χ3n) is 2.84. The first-order valence-corrected chi connectivity index (χ1v) is 6.02. The molecule has 1 amide bonds. The fourth-order valence-corrected chi connectivity index (χ4v) is 1.83. The zero-order valence-corrected chi connectivity index (χ0v) is 12.2. The number of aromatic nitrogens is 1. The molecule has 0 aliphatic carbocycles. The number of carbonyl (C=O) groups excluding carboxylic acids is 1. The first-order chi connectivity index (χ1) is 9.20. The maximum Gasteiger partial charge on any atom is 0.253 e. The fourth-order valence-electron chi connectivity index (χ4n) is 1.83. The van der Waals surface area contributed by atoms with Gasteiger partial charge in [-0.05, 0) is 36.2 Å². The summed E-state index contributed by atoms with van der Waals surface area (Å²) in [6.07, 6.45) is 3.19. The highest BCUT2D eigenvalue weighted by molar-refractivity contribution is 5.93. The maximum atomic E-state index is 11.9. The van der Waals surface area contributed by atoms with E-state index in [1.807, 2.05) is 25.1 Å². The van der Waals surface area contributed by atoms with Crippen LogP contribution in [0.4, 0.5) is 0 Å². The average molecular weight is 293 g/mol. The Bertz CT molecular complexity index is 573. The quantitative estimate of drug-likeness (QED) is 0.943. The minimum atomic E-state index is -0.124. The van der Waals surface area contributed by atoms with Crippen molar-refractivity contribution in [2.24, 2.45) is 0 Å². The number of hydrogen-bond acceptors (Lipinski definition) is 3. The summed E-state index contributed by atoms with van der Waals surface area (Å²) in [5.74, 6) is 0.726. The fraction of sp³-hybridized carbons (Fsp3) is 0.200. The summed E-state index contributed by atoms with van der Waals surface area (Å²) < 4.78 is 5.20. The molecule has 2 rings (SSSR count). The summed E-state index contributed by atoms with van der Waals surface area (Å²) in [6, 6.07) is 9.33. The van der Waals surface area contributed by atoms with Crippen molar-refractivity contribution in [2.45, 2.75) is 13.5 Å². The molecule has 0 radical (unpaired) electrons. The monoisotopic (exact) mass is 292 g/mol. The van der Waals surface area contributed by atoms with Crippen molar-refractivity contribution in [1.82, 2.24) is 10.3 Å². The van der Waals surface area contributed by atoms with Crippen LogP contribution in [0.1, 0.15) is 21.5 Å². The van der Waals surface area contributed by atoms with E-state index in [1.165, 1.54) is 0 Å². The molecular weight excluding hydrogens is 276 g/mol. The van der Waals surface area contributed by atoms with Crippen molar-refractivity contribution in [3.8, 4) is 5.75 Å². The lowest BCUT2D eigenvalue weighted by Gasteiger charge is -2.08. The van der Waals surface area contributed by atoms with Crippen molar-refractivity contribution in [1.29, 1.82) is 0 Å². The van der Waals surface area contributed by atoms with Crippen molar-refractivity contribution in [3.63, 3.8) is 0 Å². The molecule has 0 spiro atoms.